The standard InChI is InChI=1S/C19H20N4O2S/c1-24-13-8-7-12(15(9-13)25-2)10-22-23-18-17-14-5-3-4-6-16(14)26-19(17)21-11-20-18/h7-11H,3-6H2,1-2H3,(H,20,21,23)/b22-10-. The number of rotatable bonds is 5. The monoisotopic (exact) mass is 368 g/mol. The van der Waals surface area contributed by atoms with Crippen molar-refractivity contribution in [2.75, 3.05) is 19.6 Å². The predicted octanol–water partition coefficient (Wildman–Crippen LogP) is 4.03. The van der Waals surface area contributed by atoms with E-state index in [0.29, 0.717) is 5.75 Å². The maximum absolute atomic E-state index is 5.40. The molecule has 3 aromatic rings. The highest BCUT2D eigenvalue weighted by Gasteiger charge is 2.19. The molecule has 0 saturated heterocycles. The second-order valence-electron chi connectivity index (χ2n) is 6.09. The fourth-order valence-corrected chi connectivity index (χ4v) is 4.49. The lowest BCUT2D eigenvalue weighted by atomic mass is 9.97. The maximum Gasteiger partial charge on any atom is 0.158 e. The highest BCUT2D eigenvalue weighted by molar-refractivity contribution is 7.19. The van der Waals surface area contributed by atoms with Crippen molar-refractivity contribution in [1.82, 2.24) is 9.97 Å². The summed E-state index contributed by atoms with van der Waals surface area (Å²) in [6.45, 7) is 0. The first-order chi connectivity index (χ1) is 12.8. The summed E-state index contributed by atoms with van der Waals surface area (Å²) in [6, 6.07) is 5.62. The average molecular weight is 368 g/mol. The third-order valence-corrected chi connectivity index (χ3v) is 5.77. The zero-order valence-electron chi connectivity index (χ0n) is 14.8. The lowest BCUT2D eigenvalue weighted by Crippen LogP contribution is -2.01. The molecule has 26 heavy (non-hydrogen) atoms. The molecule has 0 bridgehead atoms. The van der Waals surface area contributed by atoms with Crippen molar-refractivity contribution in [2.45, 2.75) is 25.7 Å². The first-order valence-corrected chi connectivity index (χ1v) is 9.38. The van der Waals surface area contributed by atoms with Crippen molar-refractivity contribution in [2.24, 2.45) is 5.10 Å². The first kappa shape index (κ1) is 16.8. The Morgan fingerprint density at radius 1 is 1.15 bits per heavy atom. The van der Waals surface area contributed by atoms with Crippen molar-refractivity contribution in [1.29, 1.82) is 0 Å². The summed E-state index contributed by atoms with van der Waals surface area (Å²) < 4.78 is 10.6. The summed E-state index contributed by atoms with van der Waals surface area (Å²) >= 11 is 1.78. The lowest BCUT2D eigenvalue weighted by molar-refractivity contribution is 0.394. The molecule has 2 aromatic heterocycles. The van der Waals surface area contributed by atoms with Gasteiger partial charge in [-0.05, 0) is 43.4 Å². The van der Waals surface area contributed by atoms with Crippen molar-refractivity contribution >= 4 is 33.6 Å². The second kappa shape index (κ2) is 7.29. The zero-order chi connectivity index (χ0) is 17.9. The fourth-order valence-electron chi connectivity index (χ4n) is 3.26. The molecule has 0 radical (unpaired) electrons. The van der Waals surface area contributed by atoms with E-state index in [0.717, 1.165) is 40.2 Å². The topological polar surface area (TPSA) is 68.6 Å². The Kier molecular flexibility index (Phi) is 4.71. The van der Waals surface area contributed by atoms with Gasteiger partial charge in [-0.3, -0.25) is 5.43 Å². The number of hydrogen-bond acceptors (Lipinski definition) is 7. The summed E-state index contributed by atoms with van der Waals surface area (Å²) in [5, 5.41) is 5.49. The zero-order valence-corrected chi connectivity index (χ0v) is 15.6. The van der Waals surface area contributed by atoms with E-state index >= 15 is 0 Å². The third-order valence-electron chi connectivity index (χ3n) is 4.57. The normalized spacial score (nSPS) is 13.8. The first-order valence-electron chi connectivity index (χ1n) is 8.56. The molecule has 1 aliphatic carbocycles. The molecule has 1 N–H and O–H groups in total. The molecular weight excluding hydrogens is 348 g/mol. The smallest absolute Gasteiger partial charge is 0.158 e. The van der Waals surface area contributed by atoms with E-state index in [-0.39, 0.29) is 0 Å². The van der Waals surface area contributed by atoms with Crippen LogP contribution < -0.4 is 14.9 Å². The van der Waals surface area contributed by atoms with Crippen LogP contribution in [0.25, 0.3) is 10.2 Å². The minimum atomic E-state index is 0.704. The molecule has 1 aliphatic rings. The number of benzene rings is 1. The van der Waals surface area contributed by atoms with Crippen molar-refractivity contribution in [3.8, 4) is 11.5 Å². The minimum absolute atomic E-state index is 0.704. The van der Waals surface area contributed by atoms with Crippen LogP contribution in [0.15, 0.2) is 29.6 Å². The SMILES string of the molecule is COc1ccc(/C=N\Nc2ncnc3sc4c(c23)CCCC4)c(OC)c1. The van der Waals surface area contributed by atoms with Gasteiger partial charge in [0.2, 0.25) is 0 Å². The Balaban J connectivity index is 1.62. The van der Waals surface area contributed by atoms with Gasteiger partial charge in [0.25, 0.3) is 0 Å². The van der Waals surface area contributed by atoms with E-state index in [9.17, 15) is 0 Å². The van der Waals surface area contributed by atoms with Gasteiger partial charge >= 0.3 is 0 Å². The number of thiophene rings is 1. The third kappa shape index (κ3) is 3.10. The molecular formula is C19H20N4O2S. The molecule has 0 unspecified atom stereocenters. The Morgan fingerprint density at radius 3 is 2.88 bits per heavy atom. The molecule has 0 atom stereocenters. The van der Waals surface area contributed by atoms with Crippen LogP contribution in [-0.2, 0) is 12.8 Å². The van der Waals surface area contributed by atoms with Crippen molar-refractivity contribution in [3.63, 3.8) is 0 Å². The van der Waals surface area contributed by atoms with E-state index < -0.39 is 0 Å². The summed E-state index contributed by atoms with van der Waals surface area (Å²) in [5.41, 5.74) is 5.34. The van der Waals surface area contributed by atoms with Crippen LogP contribution in [-0.4, -0.2) is 30.4 Å². The van der Waals surface area contributed by atoms with Gasteiger partial charge in [0.15, 0.2) is 5.82 Å². The van der Waals surface area contributed by atoms with Gasteiger partial charge in [0.1, 0.15) is 22.7 Å². The summed E-state index contributed by atoms with van der Waals surface area (Å²) in [4.78, 5) is 11.3. The minimum Gasteiger partial charge on any atom is -0.497 e. The van der Waals surface area contributed by atoms with Crippen LogP contribution in [0.1, 0.15) is 28.8 Å². The average Bonchev–Trinajstić information content (AvgIpc) is 3.07. The van der Waals surface area contributed by atoms with E-state index in [1.54, 1.807) is 38.1 Å². The lowest BCUT2D eigenvalue weighted by Gasteiger charge is -2.11. The molecule has 1 aromatic carbocycles. The number of fused-ring (bicyclic) bond motifs is 3. The molecule has 4 rings (SSSR count). The number of aryl methyl sites for hydroxylation is 2. The van der Waals surface area contributed by atoms with Crippen molar-refractivity contribution in [3.05, 3.63) is 40.5 Å². The van der Waals surface area contributed by atoms with Crippen LogP contribution in [0, 0.1) is 0 Å². The Bertz CT molecular complexity index is 968. The Hall–Kier alpha value is -2.67. The highest BCUT2D eigenvalue weighted by Crippen LogP contribution is 2.38. The molecule has 0 saturated carbocycles. The number of hydrogen-bond donors (Lipinski definition) is 1. The van der Waals surface area contributed by atoms with E-state index in [2.05, 4.69) is 20.5 Å². The number of methoxy groups -OCH3 is 2. The van der Waals surface area contributed by atoms with Gasteiger partial charge in [-0.2, -0.15) is 5.10 Å². The fraction of sp³-hybridized carbons (Fsp3) is 0.316. The molecule has 134 valence electrons. The predicted molar refractivity (Wildman–Crippen MR) is 105 cm³/mol. The summed E-state index contributed by atoms with van der Waals surface area (Å²) in [5.74, 6) is 2.21. The van der Waals surface area contributed by atoms with Gasteiger partial charge < -0.3 is 9.47 Å². The molecule has 0 fully saturated rings. The number of hydrazone groups is 1. The molecule has 0 spiro atoms. The molecule has 0 amide bonds. The molecule has 7 heteroatoms. The molecule has 0 aliphatic heterocycles. The van der Waals surface area contributed by atoms with Gasteiger partial charge in [0, 0.05) is 16.5 Å². The number of nitrogens with zero attached hydrogens (tertiary/aromatic N) is 3. The highest BCUT2D eigenvalue weighted by atomic mass is 32.1. The molecule has 6 nitrogen and oxygen atoms in total. The summed E-state index contributed by atoms with van der Waals surface area (Å²) in [7, 11) is 3.26. The van der Waals surface area contributed by atoms with Crippen LogP contribution in [0.2, 0.25) is 0 Å². The van der Waals surface area contributed by atoms with Crippen LogP contribution >= 0.6 is 11.3 Å². The number of ether oxygens (including phenoxy) is 2. The Labute approximate surface area is 155 Å². The largest absolute Gasteiger partial charge is 0.497 e. The van der Waals surface area contributed by atoms with Gasteiger partial charge in [-0.1, -0.05) is 0 Å². The van der Waals surface area contributed by atoms with Crippen LogP contribution in [0.4, 0.5) is 5.82 Å². The maximum atomic E-state index is 5.40. The summed E-state index contributed by atoms with van der Waals surface area (Å²) in [6.07, 6.45) is 8.03. The van der Waals surface area contributed by atoms with E-state index in [4.69, 9.17) is 9.47 Å². The number of aromatic nitrogens is 2. The Morgan fingerprint density at radius 2 is 2.04 bits per heavy atom. The number of nitrogens with one attached hydrogen (secondary N) is 1. The van der Waals surface area contributed by atoms with Crippen LogP contribution in [0.3, 0.4) is 0 Å². The van der Waals surface area contributed by atoms with Crippen molar-refractivity contribution < 1.29 is 9.47 Å². The quantitative estimate of drug-likeness (QED) is 0.544. The van der Waals surface area contributed by atoms with Gasteiger partial charge in [-0.25, -0.2) is 9.97 Å². The van der Waals surface area contributed by atoms with Gasteiger partial charge in [-0.15, -0.1) is 11.3 Å². The van der Waals surface area contributed by atoms with Crippen LogP contribution in [0.5, 0.6) is 11.5 Å². The van der Waals surface area contributed by atoms with E-state index in [1.807, 2.05) is 18.2 Å². The van der Waals surface area contributed by atoms with E-state index in [1.165, 1.54) is 23.3 Å². The second-order valence-corrected chi connectivity index (χ2v) is 7.17. The molecule has 2 heterocycles. The number of anilines is 1. The van der Waals surface area contributed by atoms with Gasteiger partial charge in [0.05, 0.1) is 25.8 Å².